The van der Waals surface area contributed by atoms with Gasteiger partial charge in [0.25, 0.3) is 0 Å². The second kappa shape index (κ2) is 6.24. The van der Waals surface area contributed by atoms with E-state index in [0.29, 0.717) is 17.0 Å². The van der Waals surface area contributed by atoms with Gasteiger partial charge in [-0.3, -0.25) is 5.43 Å². The zero-order chi connectivity index (χ0) is 13.5. The van der Waals surface area contributed by atoms with Crippen LogP contribution in [0.3, 0.4) is 0 Å². The van der Waals surface area contributed by atoms with E-state index in [0.717, 1.165) is 0 Å². The van der Waals surface area contributed by atoms with Crippen LogP contribution in [0.4, 0.5) is 5.69 Å². The Labute approximate surface area is 105 Å². The maximum absolute atomic E-state index is 9.44. The second-order valence-electron chi connectivity index (χ2n) is 3.43. The van der Waals surface area contributed by atoms with Crippen LogP contribution in [0, 0.1) is 22.7 Å². The Morgan fingerprint density at radius 3 is 2.61 bits per heavy atom. The molecular formula is C12H12N4O2. The predicted molar refractivity (Wildman–Crippen MR) is 65.9 cm³/mol. The van der Waals surface area contributed by atoms with Gasteiger partial charge in [-0.25, -0.2) is 0 Å². The van der Waals surface area contributed by atoms with E-state index in [2.05, 4.69) is 10.5 Å². The van der Waals surface area contributed by atoms with Gasteiger partial charge in [-0.15, -0.1) is 0 Å². The van der Waals surface area contributed by atoms with Gasteiger partial charge in [-0.1, -0.05) is 6.07 Å². The molecule has 1 aromatic rings. The first-order valence-electron chi connectivity index (χ1n) is 5.12. The molecule has 0 aliphatic carbocycles. The van der Waals surface area contributed by atoms with Crippen molar-refractivity contribution in [1.29, 1.82) is 10.5 Å². The predicted octanol–water partition coefficient (Wildman–Crippen LogP) is 1.56. The average Bonchev–Trinajstić information content (AvgIpc) is 2.39. The number of aliphatic hydroxyl groups is 1. The summed E-state index contributed by atoms with van der Waals surface area (Å²) in [7, 11) is 1.48. The summed E-state index contributed by atoms with van der Waals surface area (Å²) in [6, 6.07) is 8.27. The van der Waals surface area contributed by atoms with Gasteiger partial charge in [-0.2, -0.15) is 15.6 Å². The minimum Gasteiger partial charge on any atom is -0.495 e. The monoisotopic (exact) mass is 244 g/mol. The first-order valence-corrected chi connectivity index (χ1v) is 5.12. The molecule has 0 saturated heterocycles. The van der Waals surface area contributed by atoms with Gasteiger partial charge in [-0.05, 0) is 24.6 Å². The van der Waals surface area contributed by atoms with Crippen molar-refractivity contribution in [3.8, 4) is 17.9 Å². The number of aliphatic hydroxyl groups excluding tert-OH is 1. The SMILES string of the molecule is COc1cc(C(C)O)ccc1NN=C(C#N)C#N. The zero-order valence-corrected chi connectivity index (χ0v) is 10.0. The van der Waals surface area contributed by atoms with Crippen LogP contribution in [-0.2, 0) is 0 Å². The molecule has 92 valence electrons. The van der Waals surface area contributed by atoms with Gasteiger partial charge in [0.05, 0.1) is 18.9 Å². The van der Waals surface area contributed by atoms with Crippen LogP contribution in [-0.4, -0.2) is 17.9 Å². The van der Waals surface area contributed by atoms with Crippen LogP contribution in [0.1, 0.15) is 18.6 Å². The van der Waals surface area contributed by atoms with Crippen molar-refractivity contribution in [3.63, 3.8) is 0 Å². The van der Waals surface area contributed by atoms with Crippen LogP contribution in [0.5, 0.6) is 5.75 Å². The Morgan fingerprint density at radius 1 is 1.44 bits per heavy atom. The number of hydrogen-bond acceptors (Lipinski definition) is 6. The molecule has 0 spiro atoms. The van der Waals surface area contributed by atoms with E-state index in [1.807, 2.05) is 0 Å². The number of hydrazone groups is 1. The molecule has 6 heteroatoms. The number of nitriles is 2. The Hall–Kier alpha value is -2.57. The molecule has 2 N–H and O–H groups in total. The first kappa shape index (κ1) is 13.5. The van der Waals surface area contributed by atoms with Crippen LogP contribution < -0.4 is 10.2 Å². The fourth-order valence-electron chi connectivity index (χ4n) is 1.25. The highest BCUT2D eigenvalue weighted by atomic mass is 16.5. The summed E-state index contributed by atoms with van der Waals surface area (Å²) in [4.78, 5) is 0. The smallest absolute Gasteiger partial charge is 0.237 e. The molecule has 18 heavy (non-hydrogen) atoms. The van der Waals surface area contributed by atoms with Crippen LogP contribution >= 0.6 is 0 Å². The van der Waals surface area contributed by atoms with Crippen LogP contribution in [0.2, 0.25) is 0 Å². The summed E-state index contributed by atoms with van der Waals surface area (Å²) in [5, 5.41) is 30.1. The van der Waals surface area contributed by atoms with Gasteiger partial charge in [0, 0.05) is 0 Å². The highest BCUT2D eigenvalue weighted by Gasteiger charge is 2.07. The van der Waals surface area contributed by atoms with E-state index in [1.165, 1.54) is 7.11 Å². The van der Waals surface area contributed by atoms with E-state index in [-0.39, 0.29) is 5.71 Å². The lowest BCUT2D eigenvalue weighted by Gasteiger charge is -2.11. The molecule has 0 bridgehead atoms. The Balaban J connectivity index is 3.01. The van der Waals surface area contributed by atoms with E-state index >= 15 is 0 Å². The van der Waals surface area contributed by atoms with Crippen molar-refractivity contribution >= 4 is 11.4 Å². The molecule has 0 aromatic heterocycles. The molecule has 0 radical (unpaired) electrons. The summed E-state index contributed by atoms with van der Waals surface area (Å²) >= 11 is 0. The van der Waals surface area contributed by atoms with Crippen molar-refractivity contribution in [2.45, 2.75) is 13.0 Å². The van der Waals surface area contributed by atoms with Gasteiger partial charge in [0.15, 0.2) is 0 Å². The Kier molecular flexibility index (Phi) is 4.67. The standard InChI is InChI=1S/C12H12N4O2/c1-8(17)9-3-4-11(12(5-9)18-2)16-15-10(6-13)7-14/h3-5,8,16-17H,1-2H3. The lowest BCUT2D eigenvalue weighted by molar-refractivity contribution is 0.199. The van der Waals surface area contributed by atoms with Crippen molar-refractivity contribution in [1.82, 2.24) is 0 Å². The van der Waals surface area contributed by atoms with Gasteiger partial charge in [0.1, 0.15) is 17.9 Å². The first-order chi connectivity index (χ1) is 8.62. The number of ether oxygens (including phenoxy) is 1. The molecule has 1 unspecified atom stereocenters. The highest BCUT2D eigenvalue weighted by molar-refractivity contribution is 6.10. The largest absolute Gasteiger partial charge is 0.495 e. The van der Waals surface area contributed by atoms with Gasteiger partial charge in [0.2, 0.25) is 5.71 Å². The molecule has 1 aromatic carbocycles. The van der Waals surface area contributed by atoms with Gasteiger partial charge >= 0.3 is 0 Å². The molecule has 0 saturated carbocycles. The lowest BCUT2D eigenvalue weighted by Crippen LogP contribution is -2.00. The van der Waals surface area contributed by atoms with Crippen molar-refractivity contribution in [3.05, 3.63) is 23.8 Å². The van der Waals surface area contributed by atoms with Crippen LogP contribution in [0.25, 0.3) is 0 Å². The quantitative estimate of drug-likeness (QED) is 0.618. The summed E-state index contributed by atoms with van der Waals surface area (Å²) < 4.78 is 5.13. The van der Waals surface area contributed by atoms with Gasteiger partial charge < -0.3 is 9.84 Å². The third-order valence-corrected chi connectivity index (χ3v) is 2.21. The van der Waals surface area contributed by atoms with Crippen molar-refractivity contribution in [2.75, 3.05) is 12.5 Å². The summed E-state index contributed by atoms with van der Waals surface area (Å²) in [6.45, 7) is 1.64. The molecule has 1 atom stereocenters. The molecule has 0 fully saturated rings. The Bertz CT molecular complexity index is 522. The lowest BCUT2D eigenvalue weighted by atomic mass is 10.1. The number of nitrogens with zero attached hydrogens (tertiary/aromatic N) is 3. The maximum Gasteiger partial charge on any atom is 0.237 e. The van der Waals surface area contributed by atoms with Crippen LogP contribution in [0.15, 0.2) is 23.3 Å². The number of hydrogen-bond donors (Lipinski definition) is 2. The average molecular weight is 244 g/mol. The fraction of sp³-hybridized carbons (Fsp3) is 0.250. The number of anilines is 1. The normalized spacial score (nSPS) is 10.7. The highest BCUT2D eigenvalue weighted by Crippen LogP contribution is 2.28. The summed E-state index contributed by atoms with van der Waals surface area (Å²) in [5.74, 6) is 0.465. The minimum atomic E-state index is -0.606. The van der Waals surface area contributed by atoms with Crippen molar-refractivity contribution < 1.29 is 9.84 Å². The summed E-state index contributed by atoms with van der Waals surface area (Å²) in [5.41, 5.74) is 3.49. The molecule has 0 amide bonds. The number of benzene rings is 1. The molecule has 0 heterocycles. The fourth-order valence-corrected chi connectivity index (χ4v) is 1.25. The molecule has 1 rings (SSSR count). The molecule has 6 nitrogen and oxygen atoms in total. The number of nitrogens with one attached hydrogen (secondary N) is 1. The maximum atomic E-state index is 9.44. The van der Waals surface area contributed by atoms with E-state index in [1.54, 1.807) is 37.3 Å². The number of methoxy groups -OCH3 is 1. The molecular weight excluding hydrogens is 232 g/mol. The topological polar surface area (TPSA) is 101 Å². The third kappa shape index (κ3) is 3.21. The van der Waals surface area contributed by atoms with E-state index < -0.39 is 6.10 Å². The number of rotatable bonds is 4. The summed E-state index contributed by atoms with van der Waals surface area (Å²) in [6.07, 6.45) is -0.606. The molecule has 0 aliphatic rings. The van der Waals surface area contributed by atoms with E-state index in [4.69, 9.17) is 15.3 Å². The third-order valence-electron chi connectivity index (χ3n) is 2.21. The van der Waals surface area contributed by atoms with E-state index in [9.17, 15) is 5.11 Å². The Morgan fingerprint density at radius 2 is 2.11 bits per heavy atom. The minimum absolute atomic E-state index is 0.281. The molecule has 0 aliphatic heterocycles. The second-order valence-corrected chi connectivity index (χ2v) is 3.43. The zero-order valence-electron chi connectivity index (χ0n) is 10.0. The van der Waals surface area contributed by atoms with Crippen molar-refractivity contribution in [2.24, 2.45) is 5.10 Å².